The number of alkyl halides is 3. The van der Waals surface area contributed by atoms with Crippen molar-refractivity contribution in [3.05, 3.63) is 35.7 Å². The van der Waals surface area contributed by atoms with E-state index >= 15 is 0 Å². The van der Waals surface area contributed by atoms with Crippen molar-refractivity contribution in [1.29, 1.82) is 0 Å². The number of aliphatic hydroxyl groups is 1. The van der Waals surface area contributed by atoms with Crippen LogP contribution in [0.15, 0.2) is 28.8 Å². The van der Waals surface area contributed by atoms with Gasteiger partial charge in [0.25, 0.3) is 0 Å². The first-order valence-corrected chi connectivity index (χ1v) is 7.95. The van der Waals surface area contributed by atoms with E-state index in [9.17, 15) is 18.3 Å². The molecule has 0 unspecified atom stereocenters. The van der Waals surface area contributed by atoms with Crippen LogP contribution in [0.4, 0.5) is 13.2 Å². The average Bonchev–Trinajstić information content (AvgIpc) is 3.21. The molecule has 26 heavy (non-hydrogen) atoms. The van der Waals surface area contributed by atoms with Crippen molar-refractivity contribution >= 4 is 13.5 Å². The molecule has 144 valence electrons. The van der Waals surface area contributed by atoms with E-state index in [1.165, 1.54) is 0 Å². The maximum atomic E-state index is 12.6. The van der Waals surface area contributed by atoms with Gasteiger partial charge in [0.2, 0.25) is 5.82 Å². The number of hydrogen-bond acceptors (Lipinski definition) is 6. The molecule has 1 aromatic heterocycles. The van der Waals surface area contributed by atoms with Gasteiger partial charge in [-0.15, -0.1) is 0 Å². The van der Waals surface area contributed by atoms with E-state index in [-0.39, 0.29) is 31.5 Å². The second-order valence-corrected chi connectivity index (χ2v) is 6.09. The fourth-order valence-corrected chi connectivity index (χ4v) is 2.95. The van der Waals surface area contributed by atoms with E-state index < -0.39 is 12.1 Å². The first-order chi connectivity index (χ1) is 11.9. The molecule has 6 nitrogen and oxygen atoms in total. The standard InChI is InChI=1S/C16H19F3N4O2.H2S/c1-20-13(9-23-6-5-12(24)8-23)10-3-2-4-11(7-10)14-21-15(25-22-14)16(17,18)19;/h2-4,7,12-13,20,24H,5-6,8-9H2,1H3;1H2/t12-,13+;/m0./s1. The van der Waals surface area contributed by atoms with Crippen molar-refractivity contribution in [2.75, 3.05) is 26.7 Å². The molecular weight excluding hydrogens is 369 g/mol. The van der Waals surface area contributed by atoms with Gasteiger partial charge in [-0.2, -0.15) is 31.7 Å². The summed E-state index contributed by atoms with van der Waals surface area (Å²) in [7, 11) is 1.82. The van der Waals surface area contributed by atoms with Gasteiger partial charge in [0.1, 0.15) is 0 Å². The number of aromatic nitrogens is 2. The van der Waals surface area contributed by atoms with Crippen molar-refractivity contribution in [2.45, 2.75) is 24.7 Å². The molecule has 3 rings (SSSR count). The summed E-state index contributed by atoms with van der Waals surface area (Å²) in [6.07, 6.45) is -4.21. The van der Waals surface area contributed by atoms with E-state index in [0.717, 1.165) is 18.5 Å². The molecular formula is C16H21F3N4O2S. The first kappa shape index (κ1) is 20.7. The summed E-state index contributed by atoms with van der Waals surface area (Å²) in [6.45, 7) is 2.13. The second-order valence-electron chi connectivity index (χ2n) is 6.09. The van der Waals surface area contributed by atoms with Crippen LogP contribution in [-0.2, 0) is 6.18 Å². The van der Waals surface area contributed by atoms with Crippen molar-refractivity contribution in [3.8, 4) is 11.4 Å². The van der Waals surface area contributed by atoms with Gasteiger partial charge in [0.05, 0.1) is 6.10 Å². The van der Waals surface area contributed by atoms with Gasteiger partial charge in [-0.3, -0.25) is 4.90 Å². The maximum Gasteiger partial charge on any atom is 0.471 e. The van der Waals surface area contributed by atoms with E-state index in [4.69, 9.17) is 0 Å². The molecule has 2 aromatic rings. The van der Waals surface area contributed by atoms with Gasteiger partial charge < -0.3 is 14.9 Å². The lowest BCUT2D eigenvalue weighted by atomic mass is 10.0. The third-order valence-electron chi connectivity index (χ3n) is 4.25. The second kappa shape index (κ2) is 8.38. The number of nitrogens with one attached hydrogen (secondary N) is 1. The maximum absolute atomic E-state index is 12.6. The molecule has 10 heteroatoms. The van der Waals surface area contributed by atoms with Crippen LogP contribution in [0.3, 0.4) is 0 Å². The van der Waals surface area contributed by atoms with Crippen molar-refractivity contribution < 1.29 is 22.8 Å². The van der Waals surface area contributed by atoms with Crippen LogP contribution in [0.1, 0.15) is 23.9 Å². The van der Waals surface area contributed by atoms with Crippen molar-refractivity contribution in [2.24, 2.45) is 0 Å². The van der Waals surface area contributed by atoms with E-state index in [2.05, 4.69) is 24.9 Å². The molecule has 1 aromatic carbocycles. The predicted molar refractivity (Wildman–Crippen MR) is 94.0 cm³/mol. The van der Waals surface area contributed by atoms with Gasteiger partial charge in [-0.05, 0) is 25.1 Å². The Kier molecular flexibility index (Phi) is 6.67. The zero-order valence-electron chi connectivity index (χ0n) is 14.1. The highest BCUT2D eigenvalue weighted by atomic mass is 32.1. The number of likely N-dealkylation sites (N-methyl/N-ethyl adjacent to an activating group) is 1. The van der Waals surface area contributed by atoms with Crippen molar-refractivity contribution in [1.82, 2.24) is 20.4 Å². The minimum Gasteiger partial charge on any atom is -0.392 e. The van der Waals surface area contributed by atoms with E-state index in [1.54, 1.807) is 18.2 Å². The minimum absolute atomic E-state index is 0. The summed E-state index contributed by atoms with van der Waals surface area (Å²) in [6, 6.07) is 7.00. The lowest BCUT2D eigenvalue weighted by Crippen LogP contribution is -2.33. The average molecular weight is 390 g/mol. The summed E-state index contributed by atoms with van der Waals surface area (Å²) in [5, 5.41) is 16.3. The number of hydrogen-bond donors (Lipinski definition) is 2. The SMILES string of the molecule is CN[C@H](CN1CC[C@H](O)C1)c1cccc(-c2noc(C(F)(F)F)n2)c1.S. The van der Waals surface area contributed by atoms with E-state index in [0.29, 0.717) is 18.7 Å². The molecule has 1 aliphatic rings. The number of rotatable bonds is 5. The Labute approximate surface area is 155 Å². The summed E-state index contributed by atoms with van der Waals surface area (Å²) in [5.41, 5.74) is 1.36. The molecule has 2 N–H and O–H groups in total. The quantitative estimate of drug-likeness (QED) is 0.815. The van der Waals surface area contributed by atoms with E-state index in [1.807, 2.05) is 13.1 Å². The molecule has 1 fully saturated rings. The van der Waals surface area contributed by atoms with Gasteiger partial charge in [-0.25, -0.2) is 0 Å². The largest absolute Gasteiger partial charge is 0.471 e. The Morgan fingerprint density at radius 3 is 2.77 bits per heavy atom. The van der Waals surface area contributed by atoms with Crippen LogP contribution in [-0.4, -0.2) is 52.9 Å². The van der Waals surface area contributed by atoms with Gasteiger partial charge in [0.15, 0.2) is 0 Å². The molecule has 0 aliphatic carbocycles. The van der Waals surface area contributed by atoms with Crippen LogP contribution in [0, 0.1) is 0 Å². The molecule has 0 saturated carbocycles. The summed E-state index contributed by atoms with van der Waals surface area (Å²) in [5.74, 6) is -1.45. The fourth-order valence-electron chi connectivity index (χ4n) is 2.95. The van der Waals surface area contributed by atoms with Crippen LogP contribution >= 0.6 is 13.5 Å². The monoisotopic (exact) mass is 390 g/mol. The Morgan fingerprint density at radius 1 is 1.42 bits per heavy atom. The molecule has 0 amide bonds. The lowest BCUT2D eigenvalue weighted by molar-refractivity contribution is -0.159. The third-order valence-corrected chi connectivity index (χ3v) is 4.25. The Morgan fingerprint density at radius 2 is 2.19 bits per heavy atom. The Bertz CT molecular complexity index is 726. The summed E-state index contributed by atoms with van der Waals surface area (Å²) in [4.78, 5) is 5.57. The number of β-amino-alcohol motifs (C(OH)–C–C–N with tert-alkyl or cyclic N) is 1. The smallest absolute Gasteiger partial charge is 0.392 e. The summed E-state index contributed by atoms with van der Waals surface area (Å²) < 4.78 is 42.1. The molecule has 2 heterocycles. The number of aliphatic hydroxyl groups excluding tert-OH is 1. The van der Waals surface area contributed by atoms with Crippen LogP contribution in [0.2, 0.25) is 0 Å². The van der Waals surface area contributed by atoms with Gasteiger partial charge in [0, 0.05) is 31.2 Å². The van der Waals surface area contributed by atoms with Crippen LogP contribution < -0.4 is 5.32 Å². The zero-order valence-corrected chi connectivity index (χ0v) is 15.1. The number of likely N-dealkylation sites (tertiary alicyclic amines) is 1. The van der Waals surface area contributed by atoms with Crippen LogP contribution in [0.25, 0.3) is 11.4 Å². The summed E-state index contributed by atoms with van der Waals surface area (Å²) >= 11 is 0. The molecule has 0 radical (unpaired) electrons. The van der Waals surface area contributed by atoms with Gasteiger partial charge in [-0.1, -0.05) is 23.4 Å². The highest BCUT2D eigenvalue weighted by molar-refractivity contribution is 7.59. The van der Waals surface area contributed by atoms with Gasteiger partial charge >= 0.3 is 12.1 Å². The Balaban J connectivity index is 0.00000243. The Hall–Kier alpha value is -1.62. The van der Waals surface area contributed by atoms with Crippen molar-refractivity contribution in [3.63, 3.8) is 0 Å². The highest BCUT2D eigenvalue weighted by Crippen LogP contribution is 2.30. The topological polar surface area (TPSA) is 74.4 Å². The molecule has 0 bridgehead atoms. The first-order valence-electron chi connectivity index (χ1n) is 7.95. The normalized spacial score (nSPS) is 19.3. The molecule has 1 aliphatic heterocycles. The fraction of sp³-hybridized carbons (Fsp3) is 0.500. The molecule has 1 saturated heterocycles. The third kappa shape index (κ3) is 4.76. The molecule has 2 atom stereocenters. The van der Waals surface area contributed by atoms with Crippen LogP contribution in [0.5, 0.6) is 0 Å². The minimum atomic E-state index is -4.66. The zero-order chi connectivity index (χ0) is 18.0. The molecule has 0 spiro atoms. The number of halogens is 3. The number of nitrogens with zero attached hydrogens (tertiary/aromatic N) is 3. The number of benzene rings is 1. The predicted octanol–water partition coefficient (Wildman–Crippen LogP) is 2.20. The lowest BCUT2D eigenvalue weighted by Gasteiger charge is -2.23. The highest BCUT2D eigenvalue weighted by Gasteiger charge is 2.38.